The third-order valence-electron chi connectivity index (χ3n) is 2.81. The van der Waals surface area contributed by atoms with Gasteiger partial charge in [-0.1, -0.05) is 13.8 Å². The van der Waals surface area contributed by atoms with Gasteiger partial charge in [0.25, 0.3) is 5.69 Å². The fourth-order valence-electron chi connectivity index (χ4n) is 1.99. The molecule has 2 heterocycles. The lowest BCUT2D eigenvalue weighted by molar-refractivity contribution is -0.385. The first-order valence-electron chi connectivity index (χ1n) is 5.77. The Balaban J connectivity index is 2.69. The highest BCUT2D eigenvalue weighted by Gasteiger charge is 2.19. The van der Waals surface area contributed by atoms with Crippen LogP contribution < -0.4 is 0 Å². The zero-order valence-electron chi connectivity index (χ0n) is 10.5. The number of nitro groups is 1. The second-order valence-corrected chi connectivity index (χ2v) is 4.54. The number of nitrogens with zero attached hydrogens (tertiary/aromatic N) is 3. The summed E-state index contributed by atoms with van der Waals surface area (Å²) in [5.41, 5.74) is 1.57. The van der Waals surface area contributed by atoms with E-state index in [1.807, 2.05) is 13.8 Å². The number of rotatable bonds is 4. The number of aliphatic carboxylic acids is 1. The summed E-state index contributed by atoms with van der Waals surface area (Å²) in [5.74, 6) is -0.941. The second-order valence-electron chi connectivity index (χ2n) is 4.54. The molecular weight excluding hydrogens is 250 g/mol. The van der Waals surface area contributed by atoms with Crippen molar-refractivity contribution in [1.29, 1.82) is 0 Å². The number of carboxylic acids is 1. The SMILES string of the molecule is CC(C)c1nc2ccc([N+](=O)[O-])cn2c1CC(=O)O. The maximum atomic E-state index is 10.9. The van der Waals surface area contributed by atoms with Crippen molar-refractivity contribution in [3.63, 3.8) is 0 Å². The third-order valence-corrected chi connectivity index (χ3v) is 2.81. The summed E-state index contributed by atoms with van der Waals surface area (Å²) in [6.07, 6.45) is 1.10. The van der Waals surface area contributed by atoms with Crippen molar-refractivity contribution in [3.8, 4) is 0 Å². The fraction of sp³-hybridized carbons (Fsp3) is 0.333. The van der Waals surface area contributed by atoms with Gasteiger partial charge in [-0.05, 0) is 12.0 Å². The molecule has 2 aromatic rings. The molecule has 0 spiro atoms. The van der Waals surface area contributed by atoms with Crippen LogP contribution in [0.3, 0.4) is 0 Å². The summed E-state index contributed by atoms with van der Waals surface area (Å²) in [6.45, 7) is 3.81. The van der Waals surface area contributed by atoms with E-state index in [-0.39, 0.29) is 18.0 Å². The van der Waals surface area contributed by atoms with Crippen molar-refractivity contribution in [3.05, 3.63) is 39.8 Å². The van der Waals surface area contributed by atoms with E-state index in [9.17, 15) is 14.9 Å². The van der Waals surface area contributed by atoms with Crippen molar-refractivity contribution in [2.75, 3.05) is 0 Å². The van der Waals surface area contributed by atoms with Gasteiger partial charge in [0.1, 0.15) is 5.65 Å². The van der Waals surface area contributed by atoms with Gasteiger partial charge in [0.2, 0.25) is 0 Å². The molecule has 2 aromatic heterocycles. The quantitative estimate of drug-likeness (QED) is 0.672. The maximum absolute atomic E-state index is 10.9. The van der Waals surface area contributed by atoms with Crippen LogP contribution in [0.2, 0.25) is 0 Å². The summed E-state index contributed by atoms with van der Waals surface area (Å²) >= 11 is 0. The van der Waals surface area contributed by atoms with E-state index in [1.54, 1.807) is 0 Å². The average molecular weight is 263 g/mol. The minimum Gasteiger partial charge on any atom is -0.481 e. The van der Waals surface area contributed by atoms with Gasteiger partial charge in [-0.25, -0.2) is 4.98 Å². The van der Waals surface area contributed by atoms with Gasteiger partial charge in [-0.2, -0.15) is 0 Å². The Bertz CT molecular complexity index is 660. The van der Waals surface area contributed by atoms with Crippen molar-refractivity contribution < 1.29 is 14.8 Å². The summed E-state index contributed by atoms with van der Waals surface area (Å²) in [7, 11) is 0. The van der Waals surface area contributed by atoms with E-state index in [0.29, 0.717) is 17.0 Å². The first-order valence-corrected chi connectivity index (χ1v) is 5.77. The van der Waals surface area contributed by atoms with Gasteiger partial charge in [-0.15, -0.1) is 0 Å². The lowest BCUT2D eigenvalue weighted by Crippen LogP contribution is -2.07. The monoisotopic (exact) mass is 263 g/mol. The Morgan fingerprint density at radius 1 is 1.53 bits per heavy atom. The standard InChI is InChI=1S/C12H13N3O4/c1-7(2)12-9(5-11(16)17)14-6-8(15(18)19)3-4-10(14)13-12/h3-4,6-7H,5H2,1-2H3,(H,16,17). The highest BCUT2D eigenvalue weighted by atomic mass is 16.6. The summed E-state index contributed by atoms with van der Waals surface area (Å²) in [4.78, 5) is 25.5. The number of hydrogen-bond donors (Lipinski definition) is 1. The molecule has 7 heteroatoms. The average Bonchev–Trinajstić information content (AvgIpc) is 2.66. The molecule has 7 nitrogen and oxygen atoms in total. The zero-order valence-corrected chi connectivity index (χ0v) is 10.5. The van der Waals surface area contributed by atoms with E-state index in [1.165, 1.54) is 22.7 Å². The van der Waals surface area contributed by atoms with Gasteiger partial charge in [0.15, 0.2) is 0 Å². The number of hydrogen-bond acceptors (Lipinski definition) is 4. The molecule has 2 rings (SSSR count). The number of imidazole rings is 1. The molecule has 0 saturated heterocycles. The molecule has 0 unspecified atom stereocenters. The molecule has 0 aliphatic carbocycles. The fourth-order valence-corrected chi connectivity index (χ4v) is 1.99. The number of carboxylic acid groups (broad SMARTS) is 1. The lowest BCUT2D eigenvalue weighted by Gasteiger charge is -2.04. The molecular formula is C12H13N3O4. The summed E-state index contributed by atoms with van der Waals surface area (Å²) in [5, 5.41) is 19.7. The highest BCUT2D eigenvalue weighted by Crippen LogP contribution is 2.23. The number of fused-ring (bicyclic) bond motifs is 1. The van der Waals surface area contributed by atoms with Crippen LogP contribution in [0.15, 0.2) is 18.3 Å². The lowest BCUT2D eigenvalue weighted by atomic mass is 10.1. The Morgan fingerprint density at radius 3 is 2.74 bits per heavy atom. The Labute approximate surface area is 108 Å². The van der Waals surface area contributed by atoms with Crippen molar-refractivity contribution >= 4 is 17.3 Å². The molecule has 19 heavy (non-hydrogen) atoms. The zero-order chi connectivity index (χ0) is 14.2. The van der Waals surface area contributed by atoms with Crippen LogP contribution in [0.25, 0.3) is 5.65 Å². The van der Waals surface area contributed by atoms with E-state index >= 15 is 0 Å². The molecule has 0 amide bonds. The van der Waals surface area contributed by atoms with E-state index in [2.05, 4.69) is 4.98 Å². The van der Waals surface area contributed by atoms with Gasteiger partial charge < -0.3 is 5.11 Å². The Hall–Kier alpha value is -2.44. The van der Waals surface area contributed by atoms with E-state index < -0.39 is 10.9 Å². The first-order chi connectivity index (χ1) is 8.90. The normalized spacial score (nSPS) is 11.1. The molecule has 0 aliphatic heterocycles. The van der Waals surface area contributed by atoms with Gasteiger partial charge in [0.05, 0.1) is 28.9 Å². The summed E-state index contributed by atoms with van der Waals surface area (Å²) < 4.78 is 1.49. The van der Waals surface area contributed by atoms with Crippen LogP contribution in [0, 0.1) is 10.1 Å². The number of pyridine rings is 1. The van der Waals surface area contributed by atoms with Crippen LogP contribution in [-0.4, -0.2) is 25.4 Å². The predicted octanol–water partition coefficient (Wildman–Crippen LogP) is 1.99. The predicted molar refractivity (Wildman–Crippen MR) is 67.3 cm³/mol. The van der Waals surface area contributed by atoms with Crippen molar-refractivity contribution in [1.82, 2.24) is 9.38 Å². The van der Waals surface area contributed by atoms with Crippen molar-refractivity contribution in [2.24, 2.45) is 0 Å². The molecule has 0 aromatic carbocycles. The van der Waals surface area contributed by atoms with Crippen LogP contribution in [-0.2, 0) is 11.2 Å². The van der Waals surface area contributed by atoms with E-state index in [4.69, 9.17) is 5.11 Å². The molecule has 0 saturated carbocycles. The van der Waals surface area contributed by atoms with Gasteiger partial charge in [0, 0.05) is 6.07 Å². The minimum atomic E-state index is -0.991. The number of carbonyl (C=O) groups is 1. The van der Waals surface area contributed by atoms with Crippen molar-refractivity contribution in [2.45, 2.75) is 26.2 Å². The third kappa shape index (κ3) is 2.40. The van der Waals surface area contributed by atoms with E-state index in [0.717, 1.165) is 0 Å². The van der Waals surface area contributed by atoms with Gasteiger partial charge in [-0.3, -0.25) is 19.3 Å². The van der Waals surface area contributed by atoms with Crippen LogP contribution >= 0.6 is 0 Å². The Morgan fingerprint density at radius 2 is 2.21 bits per heavy atom. The highest BCUT2D eigenvalue weighted by molar-refractivity contribution is 5.71. The number of aromatic nitrogens is 2. The van der Waals surface area contributed by atoms with Crippen LogP contribution in [0.5, 0.6) is 0 Å². The molecule has 0 atom stereocenters. The second kappa shape index (κ2) is 4.68. The van der Waals surface area contributed by atoms with Crippen LogP contribution in [0.4, 0.5) is 5.69 Å². The molecule has 0 fully saturated rings. The minimum absolute atomic E-state index is 0.0494. The smallest absolute Gasteiger partial charge is 0.309 e. The molecule has 0 radical (unpaired) electrons. The van der Waals surface area contributed by atoms with Crippen LogP contribution in [0.1, 0.15) is 31.2 Å². The molecule has 0 aliphatic rings. The summed E-state index contributed by atoms with van der Waals surface area (Å²) in [6, 6.07) is 2.88. The molecule has 1 N–H and O–H groups in total. The van der Waals surface area contributed by atoms with Gasteiger partial charge >= 0.3 is 5.97 Å². The topological polar surface area (TPSA) is 97.7 Å². The molecule has 0 bridgehead atoms. The largest absolute Gasteiger partial charge is 0.481 e. The first kappa shape index (κ1) is 13.0. The Kier molecular flexibility index (Phi) is 3.20. The molecule has 100 valence electrons. The maximum Gasteiger partial charge on any atom is 0.309 e.